The summed E-state index contributed by atoms with van der Waals surface area (Å²) in [6.45, 7) is 7.19. The zero-order valence-electron chi connectivity index (χ0n) is 14.4. The highest BCUT2D eigenvalue weighted by Crippen LogP contribution is 2.33. The summed E-state index contributed by atoms with van der Waals surface area (Å²) in [6, 6.07) is 2.90. The minimum Gasteiger partial charge on any atom is -0.305 e. The van der Waals surface area contributed by atoms with Crippen LogP contribution in [0.1, 0.15) is 41.3 Å². The van der Waals surface area contributed by atoms with Crippen molar-refractivity contribution in [2.45, 2.75) is 32.7 Å². The highest BCUT2D eigenvalue weighted by atomic mass is 19.1. The zero-order chi connectivity index (χ0) is 17.3. The van der Waals surface area contributed by atoms with Gasteiger partial charge in [-0.25, -0.2) is 9.87 Å². The molecule has 1 amide bonds. The number of benzene rings is 1. The summed E-state index contributed by atoms with van der Waals surface area (Å²) in [7, 11) is 2.15. The number of amides is 1. The highest BCUT2D eigenvalue weighted by Gasteiger charge is 2.35. The number of hydroxylamine groups is 1. The van der Waals surface area contributed by atoms with Gasteiger partial charge in [-0.2, -0.15) is 0 Å². The van der Waals surface area contributed by atoms with Crippen molar-refractivity contribution in [1.29, 1.82) is 0 Å². The summed E-state index contributed by atoms with van der Waals surface area (Å²) < 4.78 is 14.2. The molecule has 0 aromatic heterocycles. The van der Waals surface area contributed by atoms with E-state index in [1.807, 2.05) is 0 Å². The molecule has 2 N–H and O–H groups in total. The fraction of sp³-hybridized carbons (Fsp3) is 0.611. The van der Waals surface area contributed by atoms with Crippen LogP contribution in [0.3, 0.4) is 0 Å². The molecule has 6 heteroatoms. The van der Waals surface area contributed by atoms with Gasteiger partial charge in [-0.05, 0) is 61.5 Å². The molecule has 1 aromatic carbocycles. The first-order valence-corrected chi connectivity index (χ1v) is 8.57. The van der Waals surface area contributed by atoms with Crippen LogP contribution >= 0.6 is 0 Å². The molecule has 0 unspecified atom stereocenters. The molecule has 0 bridgehead atoms. The minimum absolute atomic E-state index is 0.167. The van der Waals surface area contributed by atoms with Crippen LogP contribution in [0.15, 0.2) is 12.1 Å². The van der Waals surface area contributed by atoms with Crippen LogP contribution in [-0.2, 0) is 13.0 Å². The van der Waals surface area contributed by atoms with Gasteiger partial charge in [0, 0.05) is 31.7 Å². The van der Waals surface area contributed by atoms with E-state index in [0.717, 1.165) is 25.1 Å². The fourth-order valence-electron chi connectivity index (χ4n) is 4.24. The number of carbonyl (C=O) groups excluding carboxylic acids is 1. The van der Waals surface area contributed by atoms with Crippen molar-refractivity contribution in [1.82, 2.24) is 15.3 Å². The predicted molar refractivity (Wildman–Crippen MR) is 89.5 cm³/mol. The van der Waals surface area contributed by atoms with Crippen LogP contribution in [0.25, 0.3) is 0 Å². The SMILES string of the molecule is CN1CC(C)(CCCN2CCc3c(F)cc(C(=O)NO)cc3C2)C1. The third kappa shape index (κ3) is 3.61. The zero-order valence-corrected chi connectivity index (χ0v) is 14.4. The van der Waals surface area contributed by atoms with Crippen molar-refractivity contribution in [3.05, 3.63) is 34.6 Å². The Morgan fingerprint density at radius 3 is 2.83 bits per heavy atom. The summed E-state index contributed by atoms with van der Waals surface area (Å²) in [5.41, 5.74) is 3.74. The molecule has 2 aliphatic heterocycles. The van der Waals surface area contributed by atoms with Gasteiger partial charge in [0.25, 0.3) is 5.91 Å². The Balaban J connectivity index is 1.59. The molecule has 0 spiro atoms. The van der Waals surface area contributed by atoms with Crippen LogP contribution < -0.4 is 5.48 Å². The Kier molecular flexibility index (Phi) is 4.90. The van der Waals surface area contributed by atoms with E-state index in [4.69, 9.17) is 5.21 Å². The van der Waals surface area contributed by atoms with E-state index < -0.39 is 5.91 Å². The maximum Gasteiger partial charge on any atom is 0.274 e. The van der Waals surface area contributed by atoms with E-state index in [-0.39, 0.29) is 11.4 Å². The molecule has 2 aliphatic rings. The van der Waals surface area contributed by atoms with Gasteiger partial charge in [0.05, 0.1) is 0 Å². The number of nitrogens with one attached hydrogen (secondary N) is 1. The molecule has 3 rings (SSSR count). The summed E-state index contributed by atoms with van der Waals surface area (Å²) in [4.78, 5) is 16.2. The molecule has 0 radical (unpaired) electrons. The monoisotopic (exact) mass is 335 g/mol. The Morgan fingerprint density at radius 2 is 2.17 bits per heavy atom. The van der Waals surface area contributed by atoms with Crippen LogP contribution in [0.2, 0.25) is 0 Å². The van der Waals surface area contributed by atoms with E-state index in [1.54, 1.807) is 11.5 Å². The van der Waals surface area contributed by atoms with Crippen molar-refractivity contribution in [2.24, 2.45) is 5.41 Å². The predicted octanol–water partition coefficient (Wildman–Crippen LogP) is 2.03. The third-order valence-corrected chi connectivity index (χ3v) is 5.28. The number of halogens is 1. The summed E-state index contributed by atoms with van der Waals surface area (Å²) >= 11 is 0. The number of carbonyl (C=O) groups is 1. The number of hydrogen-bond acceptors (Lipinski definition) is 4. The highest BCUT2D eigenvalue weighted by molar-refractivity contribution is 5.93. The van der Waals surface area contributed by atoms with Gasteiger partial charge in [0.15, 0.2) is 0 Å². The first-order chi connectivity index (χ1) is 11.4. The van der Waals surface area contributed by atoms with Crippen LogP contribution in [-0.4, -0.2) is 54.1 Å². The van der Waals surface area contributed by atoms with E-state index >= 15 is 0 Å². The van der Waals surface area contributed by atoms with Gasteiger partial charge in [-0.1, -0.05) is 6.92 Å². The van der Waals surface area contributed by atoms with Crippen molar-refractivity contribution < 1.29 is 14.4 Å². The van der Waals surface area contributed by atoms with E-state index in [9.17, 15) is 9.18 Å². The van der Waals surface area contributed by atoms with Gasteiger partial charge in [-0.15, -0.1) is 0 Å². The van der Waals surface area contributed by atoms with E-state index in [0.29, 0.717) is 23.9 Å². The molecule has 24 heavy (non-hydrogen) atoms. The maximum atomic E-state index is 14.2. The molecule has 132 valence electrons. The Hall–Kier alpha value is -1.50. The van der Waals surface area contributed by atoms with Gasteiger partial charge >= 0.3 is 0 Å². The lowest BCUT2D eigenvalue weighted by Crippen LogP contribution is -2.52. The summed E-state index contributed by atoms with van der Waals surface area (Å²) in [6.07, 6.45) is 3.02. The topological polar surface area (TPSA) is 55.8 Å². The van der Waals surface area contributed by atoms with Gasteiger partial charge in [0.2, 0.25) is 0 Å². The van der Waals surface area contributed by atoms with Crippen molar-refractivity contribution in [2.75, 3.05) is 33.2 Å². The number of hydrogen-bond donors (Lipinski definition) is 2. The Bertz CT molecular complexity index is 629. The molecule has 2 heterocycles. The van der Waals surface area contributed by atoms with Crippen molar-refractivity contribution in [3.8, 4) is 0 Å². The Labute approximate surface area is 142 Å². The second-order valence-electron chi connectivity index (χ2n) is 7.65. The number of likely N-dealkylation sites (tertiary alicyclic amines) is 1. The number of nitrogens with zero attached hydrogens (tertiary/aromatic N) is 2. The van der Waals surface area contributed by atoms with Crippen LogP contribution in [0, 0.1) is 11.2 Å². The molecule has 1 fully saturated rings. The van der Waals surface area contributed by atoms with Gasteiger partial charge < -0.3 is 4.90 Å². The first-order valence-electron chi connectivity index (χ1n) is 8.57. The lowest BCUT2D eigenvalue weighted by molar-refractivity contribution is 0.0272. The van der Waals surface area contributed by atoms with E-state index in [2.05, 4.69) is 23.8 Å². The number of rotatable bonds is 5. The number of fused-ring (bicyclic) bond motifs is 1. The third-order valence-electron chi connectivity index (χ3n) is 5.28. The molecule has 1 saturated heterocycles. The lowest BCUT2D eigenvalue weighted by atomic mass is 9.78. The van der Waals surface area contributed by atoms with Crippen LogP contribution in [0.5, 0.6) is 0 Å². The average Bonchev–Trinajstić information content (AvgIpc) is 2.52. The molecular formula is C18H26FN3O2. The second kappa shape index (κ2) is 6.78. The largest absolute Gasteiger partial charge is 0.305 e. The second-order valence-corrected chi connectivity index (χ2v) is 7.65. The average molecular weight is 335 g/mol. The summed E-state index contributed by atoms with van der Waals surface area (Å²) in [5, 5.41) is 8.74. The Morgan fingerprint density at radius 1 is 1.42 bits per heavy atom. The van der Waals surface area contributed by atoms with Crippen molar-refractivity contribution in [3.63, 3.8) is 0 Å². The minimum atomic E-state index is -0.671. The smallest absolute Gasteiger partial charge is 0.274 e. The van der Waals surface area contributed by atoms with E-state index in [1.165, 1.54) is 25.6 Å². The fourth-order valence-corrected chi connectivity index (χ4v) is 4.24. The van der Waals surface area contributed by atoms with Crippen molar-refractivity contribution >= 4 is 5.91 Å². The molecule has 0 saturated carbocycles. The van der Waals surface area contributed by atoms with Gasteiger partial charge in [-0.3, -0.25) is 14.9 Å². The summed E-state index contributed by atoms with van der Waals surface area (Å²) in [5.74, 6) is -1.02. The molecule has 0 atom stereocenters. The standard InChI is InChI=1S/C18H26FN3O2/c1-18(11-21(2)12-18)5-3-6-22-7-4-15-14(10-22)8-13(9-16(15)19)17(23)20-24/h8-9,24H,3-7,10-12H2,1-2H3,(H,20,23). The molecule has 1 aromatic rings. The maximum absolute atomic E-state index is 14.2. The molecule has 0 aliphatic carbocycles. The normalized spacial score (nSPS) is 20.3. The molecule has 5 nitrogen and oxygen atoms in total. The first kappa shape index (κ1) is 17.3. The molecular weight excluding hydrogens is 309 g/mol. The lowest BCUT2D eigenvalue weighted by Gasteiger charge is -2.46. The quantitative estimate of drug-likeness (QED) is 0.639. The van der Waals surface area contributed by atoms with Crippen LogP contribution in [0.4, 0.5) is 4.39 Å². The van der Waals surface area contributed by atoms with Gasteiger partial charge in [0.1, 0.15) is 5.82 Å².